The molecule has 0 atom stereocenters. The van der Waals surface area contributed by atoms with Crippen molar-refractivity contribution in [3.63, 3.8) is 0 Å². The van der Waals surface area contributed by atoms with E-state index in [0.717, 1.165) is 5.56 Å². The Morgan fingerprint density at radius 1 is 0.957 bits per heavy atom. The minimum atomic E-state index is 0.0418. The van der Waals surface area contributed by atoms with E-state index in [4.69, 9.17) is 4.74 Å². The second-order valence-corrected chi connectivity index (χ2v) is 6.20. The fourth-order valence-corrected chi connectivity index (χ4v) is 2.67. The van der Waals surface area contributed by atoms with Crippen molar-refractivity contribution in [1.82, 2.24) is 4.90 Å². The van der Waals surface area contributed by atoms with E-state index in [0.29, 0.717) is 17.9 Å². The number of ether oxygens (including phenoxy) is 1. The van der Waals surface area contributed by atoms with E-state index in [2.05, 4.69) is 0 Å². The summed E-state index contributed by atoms with van der Waals surface area (Å²) in [4.78, 5) is 14.6. The summed E-state index contributed by atoms with van der Waals surface area (Å²) in [7, 11) is 0. The Balaban J connectivity index is 2.11. The van der Waals surface area contributed by atoms with Gasteiger partial charge in [0.05, 0.1) is 0 Å². The van der Waals surface area contributed by atoms with Crippen molar-refractivity contribution in [2.24, 2.45) is 0 Å². The molecular formula is C20H25NO2. The SMILES string of the molecule is CC(C)N(C(=O)c1cccc(OCc2ccccc2)c1)C(C)C. The monoisotopic (exact) mass is 311 g/mol. The topological polar surface area (TPSA) is 29.5 Å². The van der Waals surface area contributed by atoms with Gasteiger partial charge in [-0.3, -0.25) is 4.79 Å². The molecule has 3 heteroatoms. The first-order valence-electron chi connectivity index (χ1n) is 8.08. The van der Waals surface area contributed by atoms with Gasteiger partial charge in [-0.2, -0.15) is 0 Å². The van der Waals surface area contributed by atoms with Crippen LogP contribution < -0.4 is 4.74 Å². The van der Waals surface area contributed by atoms with Gasteiger partial charge in [0.2, 0.25) is 0 Å². The highest BCUT2D eigenvalue weighted by Gasteiger charge is 2.21. The summed E-state index contributed by atoms with van der Waals surface area (Å²) in [6.07, 6.45) is 0. The molecule has 0 aromatic heterocycles. The van der Waals surface area contributed by atoms with Crippen LogP contribution in [0.1, 0.15) is 43.6 Å². The predicted octanol–water partition coefficient (Wildman–Crippen LogP) is 4.52. The van der Waals surface area contributed by atoms with Crippen molar-refractivity contribution < 1.29 is 9.53 Å². The highest BCUT2D eigenvalue weighted by molar-refractivity contribution is 5.95. The van der Waals surface area contributed by atoms with Gasteiger partial charge in [0, 0.05) is 17.6 Å². The molecule has 0 aliphatic carbocycles. The van der Waals surface area contributed by atoms with E-state index in [-0.39, 0.29) is 18.0 Å². The smallest absolute Gasteiger partial charge is 0.254 e. The molecule has 0 aliphatic rings. The van der Waals surface area contributed by atoms with Gasteiger partial charge >= 0.3 is 0 Å². The normalized spacial score (nSPS) is 10.9. The van der Waals surface area contributed by atoms with Gasteiger partial charge in [-0.1, -0.05) is 36.4 Å². The first-order valence-corrected chi connectivity index (χ1v) is 8.08. The molecule has 122 valence electrons. The van der Waals surface area contributed by atoms with E-state index < -0.39 is 0 Å². The summed E-state index contributed by atoms with van der Waals surface area (Å²) in [6.45, 7) is 8.64. The third-order valence-corrected chi connectivity index (χ3v) is 3.68. The fraction of sp³-hybridized carbons (Fsp3) is 0.350. The second-order valence-electron chi connectivity index (χ2n) is 6.20. The van der Waals surface area contributed by atoms with Crippen molar-refractivity contribution in [1.29, 1.82) is 0 Å². The van der Waals surface area contributed by atoms with Gasteiger partial charge in [0.15, 0.2) is 0 Å². The molecule has 0 radical (unpaired) electrons. The molecule has 23 heavy (non-hydrogen) atoms. The van der Waals surface area contributed by atoms with E-state index in [1.807, 2.05) is 87.2 Å². The Labute approximate surface area is 138 Å². The standard InChI is InChI=1S/C20H25NO2/c1-15(2)21(16(3)4)20(22)18-11-8-12-19(13-18)23-14-17-9-6-5-7-10-17/h5-13,15-16H,14H2,1-4H3. The molecule has 0 bridgehead atoms. The Hall–Kier alpha value is -2.29. The van der Waals surface area contributed by atoms with Crippen LogP contribution in [0.5, 0.6) is 5.75 Å². The Kier molecular flexibility index (Phi) is 5.80. The minimum Gasteiger partial charge on any atom is -0.489 e. The van der Waals surface area contributed by atoms with Gasteiger partial charge in [-0.15, -0.1) is 0 Å². The number of nitrogens with zero attached hydrogens (tertiary/aromatic N) is 1. The van der Waals surface area contributed by atoms with E-state index >= 15 is 0 Å². The Morgan fingerprint density at radius 3 is 2.22 bits per heavy atom. The lowest BCUT2D eigenvalue weighted by Crippen LogP contribution is -2.42. The van der Waals surface area contributed by atoms with Gasteiger partial charge in [-0.25, -0.2) is 0 Å². The molecule has 2 aromatic carbocycles. The lowest BCUT2D eigenvalue weighted by Gasteiger charge is -2.31. The largest absolute Gasteiger partial charge is 0.489 e. The lowest BCUT2D eigenvalue weighted by molar-refractivity contribution is 0.0643. The first-order chi connectivity index (χ1) is 11.0. The Bertz CT molecular complexity index is 627. The number of carbonyl (C=O) groups is 1. The van der Waals surface area contributed by atoms with Crippen molar-refractivity contribution >= 4 is 5.91 Å². The number of benzene rings is 2. The molecule has 0 fully saturated rings. The lowest BCUT2D eigenvalue weighted by atomic mass is 10.1. The van der Waals surface area contributed by atoms with Gasteiger partial charge in [0.1, 0.15) is 12.4 Å². The zero-order valence-corrected chi connectivity index (χ0v) is 14.3. The van der Waals surface area contributed by atoms with Crippen LogP contribution in [0.4, 0.5) is 0 Å². The summed E-state index contributed by atoms with van der Waals surface area (Å²) < 4.78 is 5.81. The van der Waals surface area contributed by atoms with Crippen LogP contribution in [0.15, 0.2) is 54.6 Å². The predicted molar refractivity (Wildman–Crippen MR) is 93.7 cm³/mol. The maximum absolute atomic E-state index is 12.7. The number of hydrogen-bond donors (Lipinski definition) is 0. The van der Waals surface area contributed by atoms with Crippen molar-refractivity contribution in [2.45, 2.75) is 46.4 Å². The van der Waals surface area contributed by atoms with Gasteiger partial charge < -0.3 is 9.64 Å². The molecule has 3 nitrogen and oxygen atoms in total. The summed E-state index contributed by atoms with van der Waals surface area (Å²) >= 11 is 0. The van der Waals surface area contributed by atoms with E-state index in [1.165, 1.54) is 0 Å². The third kappa shape index (κ3) is 4.59. The third-order valence-electron chi connectivity index (χ3n) is 3.68. The van der Waals surface area contributed by atoms with Crippen molar-refractivity contribution in [3.05, 3.63) is 65.7 Å². The molecule has 0 heterocycles. The quantitative estimate of drug-likeness (QED) is 0.784. The summed E-state index contributed by atoms with van der Waals surface area (Å²) in [5, 5.41) is 0. The number of carbonyl (C=O) groups excluding carboxylic acids is 1. The van der Waals surface area contributed by atoms with Crippen LogP contribution in [-0.2, 0) is 6.61 Å². The van der Waals surface area contributed by atoms with Crippen molar-refractivity contribution in [2.75, 3.05) is 0 Å². The molecule has 2 aromatic rings. The number of rotatable bonds is 6. The highest BCUT2D eigenvalue weighted by atomic mass is 16.5. The van der Waals surface area contributed by atoms with Crippen LogP contribution in [0.3, 0.4) is 0 Å². The van der Waals surface area contributed by atoms with Crippen LogP contribution in [-0.4, -0.2) is 22.9 Å². The molecule has 0 saturated heterocycles. The van der Waals surface area contributed by atoms with Gasteiger partial charge in [0.25, 0.3) is 5.91 Å². The number of hydrogen-bond acceptors (Lipinski definition) is 2. The van der Waals surface area contributed by atoms with E-state index in [1.54, 1.807) is 0 Å². The van der Waals surface area contributed by atoms with Crippen LogP contribution in [0, 0.1) is 0 Å². The molecule has 0 aliphatic heterocycles. The molecule has 1 amide bonds. The summed E-state index contributed by atoms with van der Waals surface area (Å²) in [6, 6.07) is 17.7. The molecule has 0 N–H and O–H groups in total. The highest BCUT2D eigenvalue weighted by Crippen LogP contribution is 2.18. The maximum atomic E-state index is 12.7. The van der Waals surface area contributed by atoms with Crippen molar-refractivity contribution in [3.8, 4) is 5.75 Å². The summed E-state index contributed by atoms with van der Waals surface area (Å²) in [5.41, 5.74) is 1.77. The average molecular weight is 311 g/mol. The average Bonchev–Trinajstić information content (AvgIpc) is 2.53. The first kappa shape index (κ1) is 17.1. The molecule has 0 saturated carbocycles. The second kappa shape index (κ2) is 7.82. The van der Waals surface area contributed by atoms with Crippen LogP contribution >= 0.6 is 0 Å². The fourth-order valence-electron chi connectivity index (χ4n) is 2.67. The minimum absolute atomic E-state index is 0.0418. The van der Waals surface area contributed by atoms with E-state index in [9.17, 15) is 4.79 Å². The molecule has 0 spiro atoms. The van der Waals surface area contributed by atoms with Crippen LogP contribution in [0.25, 0.3) is 0 Å². The molecule has 2 rings (SSSR count). The maximum Gasteiger partial charge on any atom is 0.254 e. The number of amides is 1. The zero-order chi connectivity index (χ0) is 16.8. The molecule has 0 unspecified atom stereocenters. The Morgan fingerprint density at radius 2 is 1.61 bits per heavy atom. The van der Waals surface area contributed by atoms with Gasteiger partial charge in [-0.05, 0) is 51.5 Å². The summed E-state index contributed by atoms with van der Waals surface area (Å²) in [5.74, 6) is 0.757. The van der Waals surface area contributed by atoms with Crippen LogP contribution in [0.2, 0.25) is 0 Å². The molecular weight excluding hydrogens is 286 g/mol. The zero-order valence-electron chi connectivity index (χ0n) is 14.3.